The van der Waals surface area contributed by atoms with Crippen LogP contribution in [0.3, 0.4) is 0 Å². The van der Waals surface area contributed by atoms with Gasteiger partial charge >= 0.3 is 0 Å². The number of rotatable bonds is 36. The molecule has 1 aliphatic heterocycles. The van der Waals surface area contributed by atoms with Gasteiger partial charge in [0.15, 0.2) is 5.69 Å². The molecule has 1 aromatic carbocycles. The topological polar surface area (TPSA) is 311 Å². The third-order valence-corrected chi connectivity index (χ3v) is 14.7. The van der Waals surface area contributed by atoms with Crippen molar-refractivity contribution in [3.05, 3.63) is 42.3 Å². The maximum absolute atomic E-state index is 14.4. The molecule has 10 amide bonds. The number of likely N-dealkylation sites (N-methyl/N-ethyl adjacent to an activating group) is 1. The van der Waals surface area contributed by atoms with Gasteiger partial charge in [-0.25, -0.2) is 4.98 Å². The van der Waals surface area contributed by atoms with Gasteiger partial charge in [0.1, 0.15) is 53.1 Å². The van der Waals surface area contributed by atoms with Crippen LogP contribution in [0.2, 0.25) is 0 Å². The van der Waals surface area contributed by atoms with E-state index in [4.69, 9.17) is 4.42 Å². The molecule has 23 heteroatoms. The molecule has 0 radical (unpaired) electrons. The third kappa shape index (κ3) is 24.5. The molecular weight excluding hydrogens is 1100 g/mol. The fraction of sp³-hybridized carbons (Fsp3) is 0.698. The lowest BCUT2D eigenvalue weighted by Crippen LogP contribution is -2.65. The number of likely N-dealkylation sites (tertiary alicyclic amines) is 1. The first kappa shape index (κ1) is 73.3. The second-order valence-corrected chi connectivity index (χ2v) is 26.3. The van der Waals surface area contributed by atoms with Gasteiger partial charge in [-0.1, -0.05) is 105 Å². The number of nitrogens with one attached hydrogen (secondary N) is 9. The smallest absolute Gasteiger partial charge is 0.276 e. The molecule has 1 saturated heterocycles. The number of carbonyl (C=O) groups excluding carboxylic acids is 10. The number of nitrogens with zero attached hydrogens (tertiary/aromatic N) is 3. The quantitative estimate of drug-likeness (QED) is 0.0405. The fourth-order valence-electron chi connectivity index (χ4n) is 10.0. The van der Waals surface area contributed by atoms with Gasteiger partial charge in [-0.3, -0.25) is 47.9 Å². The third-order valence-electron chi connectivity index (χ3n) is 14.7. The first-order valence-electron chi connectivity index (χ1n) is 30.9. The predicted octanol–water partition coefficient (Wildman–Crippen LogP) is 5.03. The van der Waals surface area contributed by atoms with Crippen molar-refractivity contribution in [1.29, 1.82) is 0 Å². The highest BCUT2D eigenvalue weighted by Gasteiger charge is 2.42. The van der Waals surface area contributed by atoms with Gasteiger partial charge in [-0.05, 0) is 131 Å². The SMILES string of the molecule is CCCCCCCCC(NC(=O)[C@@H]1CCCN1C(=O)c1coc(-c2ccccc2)n1)C(=O)NC(CC(C)C)C(=O)NC(C)(C)C(=O)NC(CC(C)C)C(=O)NC(CC(C)C)C(=O)NC(C)(C)C(=O)NC(C)(C)C(=O)NCCC(=O)NC(C)CN(C)C. The second-order valence-electron chi connectivity index (χ2n) is 26.3. The zero-order chi connectivity index (χ0) is 64.7. The summed E-state index contributed by atoms with van der Waals surface area (Å²) in [6.45, 7) is 25.0. The summed E-state index contributed by atoms with van der Waals surface area (Å²) < 4.78 is 5.63. The minimum absolute atomic E-state index is 0.0249. The highest BCUT2D eigenvalue weighted by Crippen LogP contribution is 2.24. The number of benzene rings is 1. The lowest BCUT2D eigenvalue weighted by atomic mass is 9.96. The Morgan fingerprint density at radius 2 is 1.13 bits per heavy atom. The molecule has 0 saturated carbocycles. The van der Waals surface area contributed by atoms with Gasteiger partial charge in [0.2, 0.25) is 59.1 Å². The van der Waals surface area contributed by atoms with Crippen LogP contribution < -0.4 is 47.9 Å². The Bertz CT molecular complexity index is 2580. The van der Waals surface area contributed by atoms with Crippen molar-refractivity contribution in [3.63, 3.8) is 0 Å². The minimum atomic E-state index is -1.65. The van der Waals surface area contributed by atoms with Crippen molar-refractivity contribution >= 4 is 59.1 Å². The van der Waals surface area contributed by atoms with Gasteiger partial charge in [0.25, 0.3) is 5.91 Å². The van der Waals surface area contributed by atoms with Gasteiger partial charge in [-0.2, -0.15) is 0 Å². The van der Waals surface area contributed by atoms with Crippen LogP contribution in [0, 0.1) is 17.8 Å². The molecule has 1 aromatic heterocycles. The second kappa shape index (κ2) is 34.4. The van der Waals surface area contributed by atoms with Gasteiger partial charge < -0.3 is 62.1 Å². The van der Waals surface area contributed by atoms with Crippen LogP contribution in [-0.2, 0) is 43.2 Å². The van der Waals surface area contributed by atoms with E-state index in [9.17, 15) is 47.9 Å². The number of amides is 10. The molecule has 5 unspecified atom stereocenters. The largest absolute Gasteiger partial charge is 0.444 e. The van der Waals surface area contributed by atoms with Crippen molar-refractivity contribution in [2.45, 2.75) is 233 Å². The van der Waals surface area contributed by atoms with E-state index in [1.165, 1.54) is 52.7 Å². The molecule has 0 spiro atoms. The molecule has 9 N–H and O–H groups in total. The molecule has 1 fully saturated rings. The summed E-state index contributed by atoms with van der Waals surface area (Å²) in [4.78, 5) is 147. The number of hydrogen-bond donors (Lipinski definition) is 9. The van der Waals surface area contributed by atoms with Crippen LogP contribution in [0.5, 0.6) is 0 Å². The van der Waals surface area contributed by atoms with E-state index in [1.807, 2.05) is 97.8 Å². The van der Waals surface area contributed by atoms with Crippen LogP contribution in [0.25, 0.3) is 11.5 Å². The maximum Gasteiger partial charge on any atom is 0.276 e. The monoisotopic (exact) mass is 1200 g/mol. The predicted molar refractivity (Wildman–Crippen MR) is 331 cm³/mol. The highest BCUT2D eigenvalue weighted by atomic mass is 16.3. The average Bonchev–Trinajstić information content (AvgIpc) is 2.18. The Labute approximate surface area is 510 Å². The number of oxazole rings is 1. The maximum atomic E-state index is 14.4. The average molecular weight is 1210 g/mol. The summed E-state index contributed by atoms with van der Waals surface area (Å²) in [5.41, 5.74) is -3.95. The first-order valence-corrected chi connectivity index (χ1v) is 30.9. The summed E-state index contributed by atoms with van der Waals surface area (Å²) >= 11 is 0. The van der Waals surface area contributed by atoms with E-state index in [0.717, 1.165) is 32.1 Å². The summed E-state index contributed by atoms with van der Waals surface area (Å²) in [5, 5.41) is 25.2. The normalized spacial score (nSPS) is 15.5. The molecule has 86 heavy (non-hydrogen) atoms. The van der Waals surface area contributed by atoms with Crippen molar-refractivity contribution < 1.29 is 52.4 Å². The zero-order valence-corrected chi connectivity index (χ0v) is 54.3. The van der Waals surface area contributed by atoms with Crippen LogP contribution in [0.15, 0.2) is 41.0 Å². The molecule has 0 aliphatic carbocycles. The molecule has 23 nitrogen and oxygen atoms in total. The van der Waals surface area contributed by atoms with Crippen molar-refractivity contribution in [2.75, 3.05) is 33.7 Å². The van der Waals surface area contributed by atoms with Crippen LogP contribution in [0.4, 0.5) is 0 Å². The first-order chi connectivity index (χ1) is 40.2. The Balaban J connectivity index is 1.74. The van der Waals surface area contributed by atoms with E-state index in [1.54, 1.807) is 0 Å². The zero-order valence-electron chi connectivity index (χ0n) is 54.3. The van der Waals surface area contributed by atoms with Crippen LogP contribution in [-0.4, -0.2) is 160 Å². The van der Waals surface area contributed by atoms with Gasteiger partial charge in [0.05, 0.1) is 0 Å². The molecule has 2 heterocycles. The number of aromatic nitrogens is 1. The fourth-order valence-corrected chi connectivity index (χ4v) is 10.0. The Morgan fingerprint density at radius 3 is 1.67 bits per heavy atom. The van der Waals surface area contributed by atoms with Crippen LogP contribution >= 0.6 is 0 Å². The molecule has 0 bridgehead atoms. The van der Waals surface area contributed by atoms with E-state index >= 15 is 0 Å². The van der Waals surface area contributed by atoms with Crippen LogP contribution in [0.1, 0.15) is 191 Å². The molecule has 2 aromatic rings. The Hall–Kier alpha value is -6.91. The summed E-state index contributed by atoms with van der Waals surface area (Å²) in [6, 6.07) is 3.58. The van der Waals surface area contributed by atoms with E-state index in [0.29, 0.717) is 37.9 Å². The van der Waals surface area contributed by atoms with E-state index in [-0.39, 0.29) is 79.9 Å². The molecule has 482 valence electrons. The molecule has 3 rings (SSSR count). The van der Waals surface area contributed by atoms with E-state index in [2.05, 4.69) is 59.8 Å². The molecule has 1 aliphatic rings. The van der Waals surface area contributed by atoms with Gasteiger partial charge in [0, 0.05) is 37.7 Å². The summed E-state index contributed by atoms with van der Waals surface area (Å²) in [6.07, 6.45) is 8.46. The highest BCUT2D eigenvalue weighted by molar-refractivity contribution is 6.01. The number of carbonyl (C=O) groups is 10. The molecular formula is C63H104N12O11. The summed E-state index contributed by atoms with van der Waals surface area (Å²) in [5.74, 6) is -5.92. The number of hydrogen-bond acceptors (Lipinski definition) is 13. The van der Waals surface area contributed by atoms with Gasteiger partial charge in [-0.15, -0.1) is 0 Å². The van der Waals surface area contributed by atoms with Crippen molar-refractivity contribution in [1.82, 2.24) is 62.6 Å². The van der Waals surface area contributed by atoms with Crippen molar-refractivity contribution in [2.24, 2.45) is 17.8 Å². The van der Waals surface area contributed by atoms with E-state index < -0.39 is 100.0 Å². The Morgan fingerprint density at radius 1 is 0.616 bits per heavy atom. The Kier molecular flexibility index (Phi) is 29.4. The molecule has 6 atom stereocenters. The standard InChI is InChI=1S/C63H104N12O11/c1-17-18-19-20-21-25-29-44(66-55(81)49-30-26-33-75(49)57(82)48-38-86-56(69-48)43-27-23-22-24-28-43)51(77)67-46(35-40(4)5)53(79)71-62(11,12)59(84)70-45(34-39(2)3)52(78)68-47(36-41(6)7)54(80)72-63(13,14)60(85)73-61(9,10)58(83)64-32-31-50(76)65-42(8)37-74(15)16/h22-24,27-28,38-42,44-47,49H,17-21,25-26,29-37H2,1-16H3,(H,64,83)(H,65,76)(H,66,81)(H,67,77)(H,68,78)(H,70,84)(H,71,79)(H,72,80)(H,73,85)/t42?,44?,45?,46?,47?,49-/m0/s1. The number of unbranched alkanes of at least 4 members (excludes halogenated alkanes) is 5. The minimum Gasteiger partial charge on any atom is -0.444 e. The lowest BCUT2D eigenvalue weighted by molar-refractivity contribution is -0.139. The lowest BCUT2D eigenvalue weighted by Gasteiger charge is -2.34. The summed E-state index contributed by atoms with van der Waals surface area (Å²) in [7, 11) is 3.79. The van der Waals surface area contributed by atoms with Crippen molar-refractivity contribution in [3.8, 4) is 11.5 Å².